The highest BCUT2D eigenvalue weighted by Crippen LogP contribution is 2.25. The van der Waals surface area contributed by atoms with Crippen LogP contribution < -0.4 is 5.32 Å². The van der Waals surface area contributed by atoms with Crippen molar-refractivity contribution in [1.29, 1.82) is 0 Å². The van der Waals surface area contributed by atoms with Gasteiger partial charge in [0, 0.05) is 12.0 Å². The lowest BCUT2D eigenvalue weighted by Gasteiger charge is -2.19. The van der Waals surface area contributed by atoms with Gasteiger partial charge in [0.2, 0.25) is 5.91 Å². The number of carbonyl (C=O) groups is 1. The zero-order valence-corrected chi connectivity index (χ0v) is 12.7. The van der Waals surface area contributed by atoms with E-state index in [0.29, 0.717) is 19.1 Å². The molecule has 0 fully saturated rings. The molecule has 5 heteroatoms. The van der Waals surface area contributed by atoms with Crippen LogP contribution in [0.5, 0.6) is 0 Å². The van der Waals surface area contributed by atoms with E-state index in [2.05, 4.69) is 25.2 Å². The van der Waals surface area contributed by atoms with Gasteiger partial charge in [-0.05, 0) is 23.8 Å². The highest BCUT2D eigenvalue weighted by atomic mass is 32.1. The minimum Gasteiger partial charge on any atom is -0.382 e. The molecule has 1 aromatic rings. The number of rotatable bonds is 9. The lowest BCUT2D eigenvalue weighted by Crippen LogP contribution is -2.32. The summed E-state index contributed by atoms with van der Waals surface area (Å²) in [5, 5.41) is 5.06. The zero-order valence-electron chi connectivity index (χ0n) is 11.8. The molecule has 1 amide bonds. The van der Waals surface area contributed by atoms with Crippen LogP contribution in [0.2, 0.25) is 0 Å². The van der Waals surface area contributed by atoms with Gasteiger partial charge < -0.3 is 14.8 Å². The summed E-state index contributed by atoms with van der Waals surface area (Å²) in [7, 11) is 1.61. The Kier molecular flexibility index (Phi) is 7.70. The topological polar surface area (TPSA) is 47.6 Å². The van der Waals surface area contributed by atoms with Crippen molar-refractivity contribution in [3.05, 3.63) is 22.4 Å². The summed E-state index contributed by atoms with van der Waals surface area (Å²) in [6.45, 7) is 5.35. The van der Waals surface area contributed by atoms with E-state index in [4.69, 9.17) is 9.47 Å². The average molecular weight is 285 g/mol. The van der Waals surface area contributed by atoms with E-state index in [9.17, 15) is 4.79 Å². The molecule has 1 aromatic heterocycles. The van der Waals surface area contributed by atoms with Crippen LogP contribution in [0.3, 0.4) is 0 Å². The SMILES string of the molecule is COCCOCC(=O)N[C@H](CC(C)C)c1cccs1. The minimum absolute atomic E-state index is 0.0739. The molecule has 0 aliphatic carbocycles. The number of carbonyl (C=O) groups excluding carboxylic acids is 1. The first kappa shape index (κ1) is 16.1. The van der Waals surface area contributed by atoms with Crippen LogP contribution in [0, 0.1) is 5.92 Å². The van der Waals surface area contributed by atoms with Gasteiger partial charge in [-0.25, -0.2) is 0 Å². The molecule has 0 saturated carbocycles. The Balaban J connectivity index is 2.42. The predicted molar refractivity (Wildman–Crippen MR) is 77.4 cm³/mol. The first-order valence-corrected chi connectivity index (χ1v) is 7.41. The maximum absolute atomic E-state index is 11.8. The number of amides is 1. The number of ether oxygens (including phenoxy) is 2. The van der Waals surface area contributed by atoms with Gasteiger partial charge in [-0.1, -0.05) is 19.9 Å². The lowest BCUT2D eigenvalue weighted by atomic mass is 10.0. The number of methoxy groups -OCH3 is 1. The first-order valence-electron chi connectivity index (χ1n) is 6.53. The van der Waals surface area contributed by atoms with E-state index in [0.717, 1.165) is 6.42 Å². The van der Waals surface area contributed by atoms with Gasteiger partial charge in [0.05, 0.1) is 19.3 Å². The maximum atomic E-state index is 11.8. The molecule has 0 aromatic carbocycles. The summed E-state index contributed by atoms with van der Waals surface area (Å²) in [5.41, 5.74) is 0. The van der Waals surface area contributed by atoms with Crippen LogP contribution >= 0.6 is 11.3 Å². The Bertz CT molecular complexity index is 352. The quantitative estimate of drug-likeness (QED) is 0.710. The van der Waals surface area contributed by atoms with Gasteiger partial charge in [-0.2, -0.15) is 0 Å². The summed E-state index contributed by atoms with van der Waals surface area (Å²) in [6.07, 6.45) is 0.935. The standard InChI is InChI=1S/C14H23NO3S/c1-11(2)9-12(13-5-4-8-19-13)15-14(16)10-18-7-6-17-3/h4-5,8,11-12H,6-7,9-10H2,1-3H3,(H,15,16)/t12-/m1/s1. The zero-order chi connectivity index (χ0) is 14.1. The van der Waals surface area contributed by atoms with Crippen LogP contribution in [0.4, 0.5) is 0 Å². The first-order chi connectivity index (χ1) is 9.13. The van der Waals surface area contributed by atoms with Gasteiger partial charge >= 0.3 is 0 Å². The van der Waals surface area contributed by atoms with Crippen molar-refractivity contribution < 1.29 is 14.3 Å². The number of nitrogens with one attached hydrogen (secondary N) is 1. The number of hydrogen-bond donors (Lipinski definition) is 1. The maximum Gasteiger partial charge on any atom is 0.246 e. The van der Waals surface area contributed by atoms with E-state index in [1.807, 2.05) is 11.4 Å². The molecule has 1 N–H and O–H groups in total. The van der Waals surface area contributed by atoms with Crippen molar-refractivity contribution in [3.63, 3.8) is 0 Å². The molecule has 0 aliphatic heterocycles. The van der Waals surface area contributed by atoms with Crippen molar-refractivity contribution in [3.8, 4) is 0 Å². The van der Waals surface area contributed by atoms with Crippen LogP contribution in [-0.4, -0.2) is 32.8 Å². The molecule has 1 rings (SSSR count). The molecule has 0 unspecified atom stereocenters. The molecule has 0 spiro atoms. The Morgan fingerprint density at radius 3 is 2.79 bits per heavy atom. The molecule has 0 bridgehead atoms. The Morgan fingerprint density at radius 1 is 1.42 bits per heavy atom. The van der Waals surface area contributed by atoms with Crippen molar-refractivity contribution in [2.75, 3.05) is 26.9 Å². The highest BCUT2D eigenvalue weighted by molar-refractivity contribution is 7.10. The average Bonchev–Trinajstić information content (AvgIpc) is 2.87. The second-order valence-electron chi connectivity index (χ2n) is 4.81. The van der Waals surface area contributed by atoms with Crippen molar-refractivity contribution >= 4 is 17.2 Å². The number of hydrogen-bond acceptors (Lipinski definition) is 4. The summed E-state index contributed by atoms with van der Waals surface area (Å²) in [6, 6.07) is 4.15. The van der Waals surface area contributed by atoms with Crippen LogP contribution in [-0.2, 0) is 14.3 Å². The fourth-order valence-corrected chi connectivity index (χ4v) is 2.54. The van der Waals surface area contributed by atoms with Gasteiger partial charge in [0.25, 0.3) is 0 Å². The largest absolute Gasteiger partial charge is 0.382 e. The van der Waals surface area contributed by atoms with Crippen molar-refractivity contribution in [1.82, 2.24) is 5.32 Å². The third-order valence-electron chi connectivity index (χ3n) is 2.59. The Labute approximate surface area is 119 Å². The summed E-state index contributed by atoms with van der Waals surface area (Å²) >= 11 is 1.67. The second-order valence-corrected chi connectivity index (χ2v) is 5.79. The molecular weight excluding hydrogens is 262 g/mol. The summed E-state index contributed by atoms with van der Waals surface area (Å²) in [4.78, 5) is 13.0. The monoisotopic (exact) mass is 285 g/mol. The van der Waals surface area contributed by atoms with Gasteiger partial charge in [-0.3, -0.25) is 4.79 Å². The minimum atomic E-state index is -0.0739. The smallest absolute Gasteiger partial charge is 0.246 e. The van der Waals surface area contributed by atoms with Crippen LogP contribution in [0.25, 0.3) is 0 Å². The lowest BCUT2D eigenvalue weighted by molar-refractivity contribution is -0.127. The summed E-state index contributed by atoms with van der Waals surface area (Å²) < 4.78 is 10.1. The number of thiophene rings is 1. The van der Waals surface area contributed by atoms with Gasteiger partial charge in [0.1, 0.15) is 6.61 Å². The second kappa shape index (κ2) is 9.07. The molecular formula is C14H23NO3S. The highest BCUT2D eigenvalue weighted by Gasteiger charge is 2.16. The van der Waals surface area contributed by atoms with Crippen molar-refractivity contribution in [2.45, 2.75) is 26.3 Å². The Morgan fingerprint density at radius 2 is 2.21 bits per heavy atom. The molecule has 19 heavy (non-hydrogen) atoms. The van der Waals surface area contributed by atoms with E-state index >= 15 is 0 Å². The summed E-state index contributed by atoms with van der Waals surface area (Å²) in [5.74, 6) is 0.456. The molecule has 1 heterocycles. The van der Waals surface area contributed by atoms with Crippen molar-refractivity contribution in [2.24, 2.45) is 5.92 Å². The van der Waals surface area contributed by atoms with E-state index < -0.39 is 0 Å². The van der Waals surface area contributed by atoms with Gasteiger partial charge in [-0.15, -0.1) is 11.3 Å². The fourth-order valence-electron chi connectivity index (χ4n) is 1.75. The van der Waals surface area contributed by atoms with E-state index in [-0.39, 0.29) is 18.6 Å². The molecule has 0 aliphatic rings. The third-order valence-corrected chi connectivity index (χ3v) is 3.58. The third kappa shape index (κ3) is 6.71. The van der Waals surface area contributed by atoms with Crippen LogP contribution in [0.15, 0.2) is 17.5 Å². The molecule has 108 valence electrons. The van der Waals surface area contributed by atoms with Gasteiger partial charge in [0.15, 0.2) is 0 Å². The Hall–Kier alpha value is -0.910. The molecule has 1 atom stereocenters. The molecule has 0 radical (unpaired) electrons. The van der Waals surface area contributed by atoms with E-state index in [1.54, 1.807) is 18.4 Å². The normalized spacial score (nSPS) is 12.6. The van der Waals surface area contributed by atoms with E-state index in [1.165, 1.54) is 4.88 Å². The fraction of sp³-hybridized carbons (Fsp3) is 0.643. The van der Waals surface area contributed by atoms with Crippen LogP contribution in [0.1, 0.15) is 31.2 Å². The predicted octanol–water partition coefficient (Wildman–Crippen LogP) is 2.61. The molecule has 4 nitrogen and oxygen atoms in total. The molecule has 0 saturated heterocycles.